The molecule has 2 heterocycles. The first-order valence-electron chi connectivity index (χ1n) is 7.85. The molecule has 0 bridgehead atoms. The number of fused-ring (bicyclic) bond motifs is 1. The molecule has 0 radical (unpaired) electrons. The van der Waals surface area contributed by atoms with E-state index in [0.29, 0.717) is 19.5 Å². The van der Waals surface area contributed by atoms with Gasteiger partial charge in [0.15, 0.2) is 11.6 Å². The van der Waals surface area contributed by atoms with Crippen LogP contribution in [0.2, 0.25) is 0 Å². The number of halogens is 2. The van der Waals surface area contributed by atoms with Crippen molar-refractivity contribution < 1.29 is 23.4 Å². The fourth-order valence-electron chi connectivity index (χ4n) is 3.25. The minimum Gasteiger partial charge on any atom is -0.492 e. The van der Waals surface area contributed by atoms with E-state index >= 15 is 0 Å². The van der Waals surface area contributed by atoms with Crippen LogP contribution in [0.1, 0.15) is 16.8 Å². The molecule has 3 N–H and O–H groups in total. The van der Waals surface area contributed by atoms with Gasteiger partial charge in [-0.3, -0.25) is 4.79 Å². The molecule has 0 aliphatic carbocycles. The molecule has 1 atom stereocenters. The maximum Gasteiger partial charge on any atom is 0.341 e. The SMILES string of the molecule is COc1c(N2CCC(N)C2)c(F)cc2c(=O)c(C(=O)O)cn(/C=C\F)c12. The number of rotatable bonds is 4. The summed E-state index contributed by atoms with van der Waals surface area (Å²) in [5.41, 5.74) is 4.59. The first kappa shape index (κ1) is 17.9. The number of aromatic nitrogens is 1. The Morgan fingerprint density at radius 3 is 2.77 bits per heavy atom. The van der Waals surface area contributed by atoms with Crippen molar-refractivity contribution in [2.45, 2.75) is 12.5 Å². The van der Waals surface area contributed by atoms with Crippen molar-refractivity contribution in [3.63, 3.8) is 0 Å². The van der Waals surface area contributed by atoms with Crippen LogP contribution in [0.25, 0.3) is 17.1 Å². The highest BCUT2D eigenvalue weighted by Crippen LogP contribution is 2.39. The lowest BCUT2D eigenvalue weighted by molar-refractivity contribution is 0.0695. The molecule has 1 aromatic heterocycles. The van der Waals surface area contributed by atoms with E-state index in [4.69, 9.17) is 10.5 Å². The summed E-state index contributed by atoms with van der Waals surface area (Å²) in [5, 5.41) is 8.97. The summed E-state index contributed by atoms with van der Waals surface area (Å²) in [5.74, 6) is -2.22. The molecule has 0 saturated carbocycles. The average molecular weight is 365 g/mol. The predicted octanol–water partition coefficient (Wildman–Crippen LogP) is 1.78. The van der Waals surface area contributed by atoms with Crippen molar-refractivity contribution in [3.8, 4) is 5.75 Å². The molecule has 1 unspecified atom stereocenters. The summed E-state index contributed by atoms with van der Waals surface area (Å²) in [6.07, 6.45) is 2.75. The van der Waals surface area contributed by atoms with Crippen molar-refractivity contribution in [1.29, 1.82) is 0 Å². The van der Waals surface area contributed by atoms with Crippen molar-refractivity contribution >= 4 is 28.8 Å². The summed E-state index contributed by atoms with van der Waals surface area (Å²) in [7, 11) is 1.30. The zero-order valence-electron chi connectivity index (χ0n) is 13.9. The summed E-state index contributed by atoms with van der Waals surface area (Å²) < 4.78 is 34.1. The van der Waals surface area contributed by atoms with Crippen LogP contribution < -0.4 is 20.8 Å². The molecular weight excluding hydrogens is 348 g/mol. The van der Waals surface area contributed by atoms with Crippen LogP contribution in [-0.2, 0) is 0 Å². The lowest BCUT2D eigenvalue weighted by Crippen LogP contribution is -2.27. The van der Waals surface area contributed by atoms with Gasteiger partial charge in [0.1, 0.15) is 23.1 Å². The van der Waals surface area contributed by atoms with Gasteiger partial charge < -0.3 is 25.0 Å². The first-order chi connectivity index (χ1) is 12.4. The Hall–Kier alpha value is -2.94. The van der Waals surface area contributed by atoms with Crippen LogP contribution in [0.15, 0.2) is 23.4 Å². The van der Waals surface area contributed by atoms with Crippen LogP contribution in [-0.4, -0.2) is 41.9 Å². The number of benzene rings is 1. The number of pyridine rings is 1. The topological polar surface area (TPSA) is 97.8 Å². The largest absolute Gasteiger partial charge is 0.492 e. The van der Waals surface area contributed by atoms with Crippen LogP contribution in [0.5, 0.6) is 5.75 Å². The molecule has 9 heteroatoms. The standard InChI is InChI=1S/C17H17F2N3O4/c1-26-16-13-10(6-12(19)14(16)21-4-2-9(20)7-21)15(23)11(17(24)25)8-22(13)5-3-18/h3,5-6,8-9H,2,4,7,20H2,1H3,(H,24,25)/b5-3-. The van der Waals surface area contributed by atoms with Crippen molar-refractivity contribution in [2.24, 2.45) is 5.73 Å². The highest BCUT2D eigenvalue weighted by Gasteiger charge is 2.28. The number of carboxylic acids is 1. The zero-order valence-corrected chi connectivity index (χ0v) is 13.9. The fourth-order valence-corrected chi connectivity index (χ4v) is 3.25. The number of carboxylic acid groups (broad SMARTS) is 1. The molecule has 7 nitrogen and oxygen atoms in total. The summed E-state index contributed by atoms with van der Waals surface area (Å²) in [6, 6.07) is 0.825. The van der Waals surface area contributed by atoms with Crippen LogP contribution in [0.3, 0.4) is 0 Å². The molecule has 0 spiro atoms. The fraction of sp³-hybridized carbons (Fsp3) is 0.294. The smallest absolute Gasteiger partial charge is 0.341 e. The predicted molar refractivity (Wildman–Crippen MR) is 92.9 cm³/mol. The number of carbonyl (C=O) groups is 1. The van der Waals surface area contributed by atoms with Gasteiger partial charge in [0, 0.05) is 31.5 Å². The average Bonchev–Trinajstić information content (AvgIpc) is 3.02. The number of nitrogens with two attached hydrogens (primary N) is 1. The van der Waals surface area contributed by atoms with E-state index in [0.717, 1.165) is 23.0 Å². The van der Waals surface area contributed by atoms with Crippen LogP contribution >= 0.6 is 0 Å². The third-order valence-corrected chi connectivity index (χ3v) is 4.39. The Balaban J connectivity index is 2.42. The van der Waals surface area contributed by atoms with Crippen molar-refractivity contribution in [2.75, 3.05) is 25.1 Å². The lowest BCUT2D eigenvalue weighted by Gasteiger charge is -2.23. The zero-order chi connectivity index (χ0) is 19.0. The van der Waals surface area contributed by atoms with Gasteiger partial charge in [-0.25, -0.2) is 13.6 Å². The van der Waals surface area contributed by atoms with Crippen LogP contribution in [0.4, 0.5) is 14.5 Å². The van der Waals surface area contributed by atoms with Crippen LogP contribution in [0, 0.1) is 5.82 Å². The van der Waals surface area contributed by atoms with E-state index in [2.05, 4.69) is 0 Å². The van der Waals surface area contributed by atoms with Gasteiger partial charge in [0.25, 0.3) is 0 Å². The van der Waals surface area contributed by atoms with Gasteiger partial charge in [-0.1, -0.05) is 0 Å². The van der Waals surface area contributed by atoms with E-state index in [1.54, 1.807) is 4.90 Å². The quantitative estimate of drug-likeness (QED) is 0.857. The number of anilines is 1. The molecule has 1 aromatic carbocycles. The molecule has 0 amide bonds. The number of aromatic carboxylic acids is 1. The first-order valence-corrected chi connectivity index (χ1v) is 7.85. The summed E-state index contributed by atoms with van der Waals surface area (Å²) >= 11 is 0. The van der Waals surface area contributed by atoms with E-state index in [1.165, 1.54) is 7.11 Å². The number of nitrogens with zero attached hydrogens (tertiary/aromatic N) is 2. The van der Waals surface area contributed by atoms with Gasteiger partial charge in [-0.05, 0) is 12.5 Å². The van der Waals surface area contributed by atoms with Gasteiger partial charge in [-0.2, -0.15) is 0 Å². The molecule has 1 fully saturated rings. The van der Waals surface area contributed by atoms with E-state index < -0.39 is 22.8 Å². The number of hydrogen-bond donors (Lipinski definition) is 2. The Kier molecular flexibility index (Phi) is 4.64. The minimum absolute atomic E-state index is 0.0150. The van der Waals surface area contributed by atoms with Gasteiger partial charge >= 0.3 is 5.97 Å². The lowest BCUT2D eigenvalue weighted by atomic mass is 10.1. The summed E-state index contributed by atoms with van der Waals surface area (Å²) in [6.45, 7) is 0.894. The normalized spacial score (nSPS) is 17.4. The third kappa shape index (κ3) is 2.80. The highest BCUT2D eigenvalue weighted by molar-refractivity contribution is 5.97. The molecule has 1 aliphatic rings. The monoisotopic (exact) mass is 365 g/mol. The molecule has 1 saturated heterocycles. The highest BCUT2D eigenvalue weighted by atomic mass is 19.1. The molecule has 1 aliphatic heterocycles. The van der Waals surface area contributed by atoms with Crippen molar-refractivity contribution in [3.05, 3.63) is 40.2 Å². The Morgan fingerprint density at radius 1 is 1.50 bits per heavy atom. The number of ether oxygens (including phenoxy) is 1. The Bertz CT molecular complexity index is 971. The van der Waals surface area contributed by atoms with Gasteiger partial charge in [0.2, 0.25) is 5.43 Å². The second-order valence-corrected chi connectivity index (χ2v) is 5.99. The Labute approximate surface area is 146 Å². The molecular formula is C17H17F2N3O4. The Morgan fingerprint density at radius 2 is 2.23 bits per heavy atom. The maximum absolute atomic E-state index is 14.8. The van der Waals surface area contributed by atoms with Crippen molar-refractivity contribution in [1.82, 2.24) is 4.57 Å². The molecule has 26 heavy (non-hydrogen) atoms. The van der Waals surface area contributed by atoms with Gasteiger partial charge in [0.05, 0.1) is 12.5 Å². The summed E-state index contributed by atoms with van der Waals surface area (Å²) in [4.78, 5) is 25.5. The second kappa shape index (κ2) is 6.75. The molecule has 3 rings (SSSR count). The molecule has 138 valence electrons. The number of methoxy groups -OCH3 is 1. The van der Waals surface area contributed by atoms with E-state index in [1.807, 2.05) is 0 Å². The van der Waals surface area contributed by atoms with E-state index in [-0.39, 0.29) is 34.7 Å². The van der Waals surface area contributed by atoms with Gasteiger partial charge in [-0.15, -0.1) is 0 Å². The third-order valence-electron chi connectivity index (χ3n) is 4.39. The number of hydrogen-bond acceptors (Lipinski definition) is 5. The second-order valence-electron chi connectivity index (χ2n) is 5.99. The maximum atomic E-state index is 14.8. The minimum atomic E-state index is -1.49. The van der Waals surface area contributed by atoms with E-state index in [9.17, 15) is 23.5 Å². The molecule has 2 aromatic rings.